The summed E-state index contributed by atoms with van der Waals surface area (Å²) >= 11 is 0. The molecule has 1 aliphatic carbocycles. The van der Waals surface area contributed by atoms with Gasteiger partial charge in [-0.15, -0.1) is 0 Å². The molecule has 5 heterocycles. The SMILES string of the molecule is COc1ccc2cc(C3=CN4C(=O)c5cc(OC)c(OCCCOc6cc7c(cc6OC)C(=O)N6CC8(CC8)C[C@H]6C(O)N7C(=O)OCc6ccc(NC(=O)[C@H](C)NC(=O)[C@@H](NC(=O)CNC(=O)CNC(=O)CCC(=O)N7Cc8ccccc8C#Cc8ccccc87)C(C)C)cc6)cc5NC[C@@H]4C3)ccc2c1. The van der Waals surface area contributed by atoms with E-state index in [2.05, 4.69) is 61.9 Å². The van der Waals surface area contributed by atoms with Gasteiger partial charge in [-0.3, -0.25) is 38.4 Å². The lowest BCUT2D eigenvalue weighted by Gasteiger charge is -2.31. The van der Waals surface area contributed by atoms with Crippen molar-refractivity contribution in [2.24, 2.45) is 11.3 Å². The lowest BCUT2D eigenvalue weighted by molar-refractivity contribution is -0.132. The van der Waals surface area contributed by atoms with Crippen LogP contribution in [0.3, 0.4) is 0 Å². The number of fused-ring (bicyclic) bond motifs is 7. The number of hydrogen-bond acceptors (Lipinski definition) is 17. The van der Waals surface area contributed by atoms with E-state index in [1.165, 1.54) is 33.3 Å². The van der Waals surface area contributed by atoms with Gasteiger partial charge in [0.25, 0.3) is 11.8 Å². The van der Waals surface area contributed by atoms with Crippen molar-refractivity contribution in [1.82, 2.24) is 31.1 Å². The standard InChI is InChI=1S/C81H84N10O16/c1-47(2)74(87-72(94)42-84-71(93)41-83-70(92)26-27-73(95)89-43-55-14-8-7-12-50(55)18-19-51-13-9-10-15-63(51)89)76(97)85-48(3)75(96)86-57-23-16-49(17-24-57)45-107-80(101)91-64-38-69(67(104-6)36-61(64)78(99)90-46-81(28-29-81)39-65(90)79(91)100)106-31-11-30-105-68-37-62-60(35-66(68)103-5)77(98)88-44-56(33-58(88)40-82-62)53-20-21-54-34-59(102-4)25-22-52(54)32-53/h7-10,12-17,20-25,32,34-38,44,47-48,58,65,74,79,82,100H,11,26-31,33,39-43,45-46H2,1-6H3,(H,83,92)(H,84,93)(H,85,97)(H,86,96)(H,87,94)/t48-,58-,65-,74-,79?/m0/s1. The summed E-state index contributed by atoms with van der Waals surface area (Å²) in [6, 6.07) is 36.8. The Balaban J connectivity index is 0.574. The minimum Gasteiger partial charge on any atom is -0.497 e. The second kappa shape index (κ2) is 31.7. The van der Waals surface area contributed by atoms with Crippen LogP contribution in [0.5, 0.6) is 28.7 Å². The van der Waals surface area contributed by atoms with Crippen molar-refractivity contribution in [2.75, 3.05) is 81.2 Å². The van der Waals surface area contributed by atoms with E-state index in [1.54, 1.807) is 78.1 Å². The van der Waals surface area contributed by atoms with Gasteiger partial charge in [-0.25, -0.2) is 9.69 Å². The van der Waals surface area contributed by atoms with E-state index in [9.17, 15) is 48.3 Å². The van der Waals surface area contributed by atoms with Crippen LogP contribution in [-0.2, 0) is 46.7 Å². The third-order valence-electron chi connectivity index (χ3n) is 20.2. The van der Waals surface area contributed by atoms with Gasteiger partial charge in [0.2, 0.25) is 35.4 Å². The van der Waals surface area contributed by atoms with E-state index < -0.39 is 79.0 Å². The normalized spacial score (nSPS) is 17.5. The number of rotatable bonds is 25. The van der Waals surface area contributed by atoms with Crippen molar-refractivity contribution >= 4 is 92.4 Å². The lowest BCUT2D eigenvalue weighted by atomic mass is 9.99. The number of nitrogens with zero attached hydrogens (tertiary/aromatic N) is 4. The van der Waals surface area contributed by atoms with Gasteiger partial charge in [0.15, 0.2) is 29.2 Å². The predicted octanol–water partition coefficient (Wildman–Crippen LogP) is 8.41. The van der Waals surface area contributed by atoms with Gasteiger partial charge >= 0.3 is 6.09 Å². The number of hydrogen-bond donors (Lipinski definition) is 7. The number of ether oxygens (including phenoxy) is 6. The molecule has 1 saturated carbocycles. The molecule has 0 bridgehead atoms. The number of benzene rings is 7. The molecule has 26 nitrogen and oxygen atoms in total. The van der Waals surface area contributed by atoms with E-state index in [0.29, 0.717) is 77.6 Å². The summed E-state index contributed by atoms with van der Waals surface area (Å²) in [6.07, 6.45) is 2.41. The first-order valence-electron chi connectivity index (χ1n) is 35.7. The van der Waals surface area contributed by atoms with Crippen LogP contribution in [0.25, 0.3) is 16.3 Å². The van der Waals surface area contributed by atoms with Crippen LogP contribution < -0.4 is 65.4 Å². The number of nitrogens with one attached hydrogen (secondary N) is 6. The summed E-state index contributed by atoms with van der Waals surface area (Å²) in [7, 11) is 4.60. The van der Waals surface area contributed by atoms with Crippen molar-refractivity contribution in [1.29, 1.82) is 0 Å². The minimum atomic E-state index is -1.50. The first-order valence-corrected chi connectivity index (χ1v) is 35.7. The maximum atomic E-state index is 14.5. The lowest BCUT2D eigenvalue weighted by Crippen LogP contribution is -2.55. The molecule has 554 valence electrons. The van der Waals surface area contributed by atoms with Crippen molar-refractivity contribution in [3.05, 3.63) is 179 Å². The number of carbonyl (C=O) groups is 9. The van der Waals surface area contributed by atoms with Gasteiger partial charge in [-0.1, -0.05) is 86.4 Å². The predicted molar refractivity (Wildman–Crippen MR) is 398 cm³/mol. The molecular formula is C81H84N10O16. The molecule has 1 spiro atoms. The minimum absolute atomic E-state index is 0.0564. The van der Waals surface area contributed by atoms with Crippen LogP contribution in [0.4, 0.5) is 27.5 Å². The second-order valence-corrected chi connectivity index (χ2v) is 27.9. The molecule has 26 heteroatoms. The molecule has 2 fully saturated rings. The summed E-state index contributed by atoms with van der Waals surface area (Å²) in [4.78, 5) is 129. The number of aliphatic hydroxyl groups is 1. The maximum Gasteiger partial charge on any atom is 0.416 e. The highest BCUT2D eigenvalue weighted by atomic mass is 16.6. The van der Waals surface area contributed by atoms with Gasteiger partial charge in [0, 0.05) is 67.5 Å². The molecule has 13 rings (SSSR count). The quantitative estimate of drug-likeness (QED) is 0.0209. The molecule has 5 aliphatic heterocycles. The first-order chi connectivity index (χ1) is 51.7. The second-order valence-electron chi connectivity index (χ2n) is 27.9. The van der Waals surface area contributed by atoms with Crippen LogP contribution in [0.2, 0.25) is 0 Å². The van der Waals surface area contributed by atoms with Crippen LogP contribution in [-0.4, -0.2) is 159 Å². The Morgan fingerprint density at radius 2 is 1.36 bits per heavy atom. The molecule has 107 heavy (non-hydrogen) atoms. The third-order valence-corrected chi connectivity index (χ3v) is 20.2. The Labute approximate surface area is 618 Å². The van der Waals surface area contributed by atoms with Crippen molar-refractivity contribution in [3.8, 4) is 40.6 Å². The van der Waals surface area contributed by atoms with Gasteiger partial charge < -0.3 is 80.1 Å². The monoisotopic (exact) mass is 1450 g/mol. The average Bonchev–Trinajstić information content (AvgIpc) is 1.57. The Morgan fingerprint density at radius 3 is 2.09 bits per heavy atom. The fourth-order valence-corrected chi connectivity index (χ4v) is 14.1. The Bertz CT molecular complexity index is 4770. The molecule has 7 N–H and O–H groups in total. The summed E-state index contributed by atoms with van der Waals surface area (Å²) in [6.45, 7) is 5.01. The zero-order chi connectivity index (χ0) is 75.2. The van der Waals surface area contributed by atoms with Crippen molar-refractivity contribution in [3.63, 3.8) is 0 Å². The number of carbonyl (C=O) groups excluding carboxylic acids is 9. The highest BCUT2D eigenvalue weighted by molar-refractivity contribution is 6.07. The van der Waals surface area contributed by atoms with Gasteiger partial charge in [0.1, 0.15) is 24.4 Å². The fraction of sp³-hybridized carbons (Fsp3) is 0.346. The van der Waals surface area contributed by atoms with E-state index in [4.69, 9.17) is 28.4 Å². The maximum absolute atomic E-state index is 14.5. The first kappa shape index (κ1) is 73.2. The van der Waals surface area contributed by atoms with Gasteiger partial charge in [0.05, 0.1) is 94.5 Å². The Hall–Kier alpha value is -12.1. The van der Waals surface area contributed by atoms with E-state index in [1.807, 2.05) is 66.9 Å². The van der Waals surface area contributed by atoms with E-state index >= 15 is 0 Å². The zero-order valence-electron chi connectivity index (χ0n) is 60.2. The van der Waals surface area contributed by atoms with E-state index in [0.717, 1.165) is 56.5 Å². The fourth-order valence-electron chi connectivity index (χ4n) is 14.1. The number of para-hydroxylation sites is 1. The molecule has 9 amide bonds. The van der Waals surface area contributed by atoms with Gasteiger partial charge in [-0.2, -0.15) is 0 Å². The number of anilines is 4. The van der Waals surface area contributed by atoms with Gasteiger partial charge in [-0.05, 0) is 138 Å². The Kier molecular flexibility index (Phi) is 21.7. The van der Waals surface area contributed by atoms with Crippen molar-refractivity contribution in [2.45, 2.75) is 109 Å². The average molecular weight is 1450 g/mol. The third kappa shape index (κ3) is 16.2. The van der Waals surface area contributed by atoms with Crippen LogP contribution in [0, 0.1) is 23.2 Å². The van der Waals surface area contributed by atoms with Crippen LogP contribution >= 0.6 is 0 Å². The zero-order valence-corrected chi connectivity index (χ0v) is 60.2. The molecule has 7 aromatic rings. The highest BCUT2D eigenvalue weighted by Crippen LogP contribution is 2.57. The molecule has 5 atom stereocenters. The Morgan fingerprint density at radius 1 is 0.673 bits per heavy atom. The number of methoxy groups -OCH3 is 3. The smallest absolute Gasteiger partial charge is 0.416 e. The molecule has 1 unspecified atom stereocenters. The molecule has 1 saturated heterocycles. The molecule has 0 aromatic heterocycles. The van der Waals surface area contributed by atoms with Crippen LogP contribution in [0.15, 0.2) is 140 Å². The summed E-state index contributed by atoms with van der Waals surface area (Å²) in [5, 5.41) is 30.7. The molecule has 6 aliphatic rings. The van der Waals surface area contributed by atoms with Crippen molar-refractivity contribution < 1.29 is 76.7 Å². The summed E-state index contributed by atoms with van der Waals surface area (Å²) < 4.78 is 35.4. The largest absolute Gasteiger partial charge is 0.497 e. The summed E-state index contributed by atoms with van der Waals surface area (Å²) in [5.74, 6) is 3.80. The van der Waals surface area contributed by atoms with E-state index in [-0.39, 0.29) is 91.1 Å². The number of amides is 9. The molecule has 0 radical (unpaired) electrons. The van der Waals surface area contributed by atoms with Crippen LogP contribution in [0.1, 0.15) is 114 Å². The number of aliphatic hydroxyl groups excluding tert-OH is 1. The summed E-state index contributed by atoms with van der Waals surface area (Å²) in [5.41, 5.74) is 6.98. The topological polar surface area (TPSA) is 314 Å². The molecular weight excluding hydrogens is 1370 g/mol. The molecule has 7 aromatic carbocycles. The highest BCUT2D eigenvalue weighted by Gasteiger charge is 2.58.